The number of carbonyl (C=O) groups is 2. The van der Waals surface area contributed by atoms with Gasteiger partial charge in [-0.15, -0.1) is 24.8 Å². The number of ether oxygens (including phenoxy) is 1. The number of methoxy groups -OCH3 is 1. The van der Waals surface area contributed by atoms with Crippen LogP contribution < -0.4 is 15.0 Å². The van der Waals surface area contributed by atoms with E-state index in [0.717, 1.165) is 41.9 Å². The SMILES string of the molecule is COc1cc(C(=O)N2CCCCc3ccncc32)ccc1C(=O)Nc1cccc2[nH]c(C)nc12.Cl.Cl. The van der Waals surface area contributed by atoms with Crippen molar-refractivity contribution in [2.45, 2.75) is 26.2 Å². The lowest BCUT2D eigenvalue weighted by molar-refractivity contribution is 0.0982. The number of pyridine rings is 1. The molecular formula is C26H27Cl2N5O3. The summed E-state index contributed by atoms with van der Waals surface area (Å²) in [6.45, 7) is 2.48. The number of imidazole rings is 1. The Morgan fingerprint density at radius 3 is 2.75 bits per heavy atom. The van der Waals surface area contributed by atoms with E-state index in [1.165, 1.54) is 7.11 Å². The predicted octanol–water partition coefficient (Wildman–Crippen LogP) is 5.35. The average Bonchev–Trinajstić information content (AvgIpc) is 3.11. The van der Waals surface area contributed by atoms with Crippen LogP contribution in [0.5, 0.6) is 5.75 Å². The van der Waals surface area contributed by atoms with E-state index in [9.17, 15) is 9.59 Å². The van der Waals surface area contributed by atoms with Crippen molar-refractivity contribution in [2.24, 2.45) is 0 Å². The minimum atomic E-state index is -0.340. The number of aromatic nitrogens is 3. The second kappa shape index (κ2) is 11.4. The molecular weight excluding hydrogens is 501 g/mol. The topological polar surface area (TPSA) is 100 Å². The molecule has 188 valence electrons. The molecule has 36 heavy (non-hydrogen) atoms. The molecule has 1 aliphatic heterocycles. The van der Waals surface area contributed by atoms with Crippen molar-refractivity contribution in [2.75, 3.05) is 23.9 Å². The van der Waals surface area contributed by atoms with Crippen LogP contribution in [0.4, 0.5) is 11.4 Å². The molecule has 0 bridgehead atoms. The maximum atomic E-state index is 13.4. The molecule has 0 saturated heterocycles. The first-order valence-corrected chi connectivity index (χ1v) is 11.2. The average molecular weight is 528 g/mol. The van der Waals surface area contributed by atoms with Crippen LogP contribution >= 0.6 is 24.8 Å². The zero-order valence-corrected chi connectivity index (χ0v) is 21.5. The number of carbonyl (C=O) groups excluding carboxylic acids is 2. The monoisotopic (exact) mass is 527 g/mol. The van der Waals surface area contributed by atoms with Crippen molar-refractivity contribution in [1.82, 2.24) is 15.0 Å². The minimum Gasteiger partial charge on any atom is -0.496 e. The smallest absolute Gasteiger partial charge is 0.259 e. The molecule has 4 aromatic rings. The van der Waals surface area contributed by atoms with Crippen LogP contribution in [0, 0.1) is 6.92 Å². The maximum Gasteiger partial charge on any atom is 0.259 e. The number of amides is 2. The van der Waals surface area contributed by atoms with Crippen LogP contribution in [-0.2, 0) is 6.42 Å². The third-order valence-electron chi connectivity index (χ3n) is 6.07. The number of halogens is 2. The number of nitrogens with zero attached hydrogens (tertiary/aromatic N) is 3. The molecule has 2 aromatic heterocycles. The number of H-pyrrole nitrogens is 1. The highest BCUT2D eigenvalue weighted by atomic mass is 35.5. The summed E-state index contributed by atoms with van der Waals surface area (Å²) in [5.74, 6) is 0.615. The maximum absolute atomic E-state index is 13.4. The van der Waals surface area contributed by atoms with Crippen LogP contribution in [0.3, 0.4) is 0 Å². The molecule has 0 unspecified atom stereocenters. The van der Waals surface area contributed by atoms with Gasteiger partial charge in [0, 0.05) is 18.3 Å². The fourth-order valence-electron chi connectivity index (χ4n) is 4.40. The van der Waals surface area contributed by atoms with E-state index in [1.54, 1.807) is 41.6 Å². The molecule has 3 heterocycles. The zero-order valence-electron chi connectivity index (χ0n) is 19.9. The Morgan fingerprint density at radius 1 is 1.11 bits per heavy atom. The summed E-state index contributed by atoms with van der Waals surface area (Å²) in [4.78, 5) is 40.2. The summed E-state index contributed by atoms with van der Waals surface area (Å²) < 4.78 is 5.50. The molecule has 2 N–H and O–H groups in total. The van der Waals surface area contributed by atoms with Gasteiger partial charge >= 0.3 is 0 Å². The van der Waals surface area contributed by atoms with Gasteiger partial charge in [-0.25, -0.2) is 4.98 Å². The number of aryl methyl sites for hydroxylation is 2. The van der Waals surface area contributed by atoms with Gasteiger partial charge in [-0.05, 0) is 68.1 Å². The Kier molecular flexibility index (Phi) is 8.55. The molecule has 0 aliphatic carbocycles. The summed E-state index contributed by atoms with van der Waals surface area (Å²) in [5, 5.41) is 2.92. The van der Waals surface area contributed by atoms with Crippen molar-refractivity contribution in [1.29, 1.82) is 0 Å². The molecule has 0 fully saturated rings. The van der Waals surface area contributed by atoms with Crippen molar-refractivity contribution in [3.05, 3.63) is 77.4 Å². The Labute approximate surface area is 221 Å². The number of rotatable bonds is 4. The van der Waals surface area contributed by atoms with Gasteiger partial charge in [-0.1, -0.05) is 6.07 Å². The quantitative estimate of drug-likeness (QED) is 0.372. The molecule has 5 rings (SSSR count). The van der Waals surface area contributed by atoms with Gasteiger partial charge in [0.2, 0.25) is 0 Å². The lowest BCUT2D eigenvalue weighted by Gasteiger charge is -2.23. The van der Waals surface area contributed by atoms with Gasteiger partial charge in [-0.3, -0.25) is 14.6 Å². The lowest BCUT2D eigenvalue weighted by Crippen LogP contribution is -2.32. The molecule has 2 amide bonds. The highest BCUT2D eigenvalue weighted by Gasteiger charge is 2.24. The molecule has 0 radical (unpaired) electrons. The second-order valence-corrected chi connectivity index (χ2v) is 8.31. The number of anilines is 2. The number of nitrogens with one attached hydrogen (secondary N) is 2. The molecule has 8 nitrogen and oxygen atoms in total. The van der Waals surface area contributed by atoms with Gasteiger partial charge in [0.05, 0.1) is 35.8 Å². The van der Waals surface area contributed by atoms with Gasteiger partial charge in [-0.2, -0.15) is 0 Å². The van der Waals surface area contributed by atoms with E-state index in [1.807, 2.05) is 25.1 Å². The number of para-hydroxylation sites is 1. The standard InChI is InChI=1S/C26H25N5O3.2ClH/c1-16-28-20-7-5-8-21(24(20)29-16)30-25(32)19-10-9-18(14-23(19)34-2)26(33)31-13-4-3-6-17-11-12-27-15-22(17)31;;/h5,7-12,14-15H,3-4,6,13H2,1-2H3,(H,28,29)(H,30,32);2*1H. The predicted molar refractivity (Wildman–Crippen MR) is 145 cm³/mol. The third kappa shape index (κ3) is 5.15. The normalized spacial score (nSPS) is 12.6. The zero-order chi connectivity index (χ0) is 23.7. The molecule has 1 aliphatic rings. The van der Waals surface area contributed by atoms with Crippen LogP contribution in [0.2, 0.25) is 0 Å². The van der Waals surface area contributed by atoms with E-state index in [-0.39, 0.29) is 36.6 Å². The highest BCUT2D eigenvalue weighted by Crippen LogP contribution is 2.29. The number of hydrogen-bond acceptors (Lipinski definition) is 5. The Bertz CT molecular complexity index is 1410. The fourth-order valence-corrected chi connectivity index (χ4v) is 4.40. The molecule has 10 heteroatoms. The van der Waals surface area contributed by atoms with Crippen molar-refractivity contribution >= 4 is 59.0 Å². The number of fused-ring (bicyclic) bond motifs is 2. The summed E-state index contributed by atoms with van der Waals surface area (Å²) in [7, 11) is 1.49. The summed E-state index contributed by atoms with van der Waals surface area (Å²) in [5.41, 5.74) is 4.88. The van der Waals surface area contributed by atoms with Crippen LogP contribution in [0.1, 0.15) is 44.9 Å². The molecule has 0 atom stereocenters. The Morgan fingerprint density at radius 2 is 1.94 bits per heavy atom. The van der Waals surface area contributed by atoms with E-state index >= 15 is 0 Å². The first-order chi connectivity index (χ1) is 16.5. The van der Waals surface area contributed by atoms with E-state index in [4.69, 9.17) is 4.74 Å². The minimum absolute atomic E-state index is 0. The van der Waals surface area contributed by atoms with Crippen LogP contribution in [0.25, 0.3) is 11.0 Å². The number of aromatic amines is 1. The van der Waals surface area contributed by atoms with Gasteiger partial charge in [0.1, 0.15) is 17.1 Å². The Balaban J connectivity index is 0.00000180. The van der Waals surface area contributed by atoms with E-state index in [0.29, 0.717) is 34.6 Å². The van der Waals surface area contributed by atoms with Gasteiger partial charge < -0.3 is 19.9 Å². The van der Waals surface area contributed by atoms with E-state index in [2.05, 4.69) is 20.3 Å². The first-order valence-electron chi connectivity index (χ1n) is 11.2. The van der Waals surface area contributed by atoms with Gasteiger partial charge in [0.25, 0.3) is 11.8 Å². The first kappa shape index (κ1) is 27.0. The Hall–Kier alpha value is -3.62. The van der Waals surface area contributed by atoms with Crippen molar-refractivity contribution in [3.63, 3.8) is 0 Å². The largest absolute Gasteiger partial charge is 0.496 e. The van der Waals surface area contributed by atoms with Crippen molar-refractivity contribution in [3.8, 4) is 5.75 Å². The summed E-state index contributed by atoms with van der Waals surface area (Å²) >= 11 is 0. The highest BCUT2D eigenvalue weighted by molar-refractivity contribution is 6.11. The third-order valence-corrected chi connectivity index (χ3v) is 6.07. The van der Waals surface area contributed by atoms with E-state index < -0.39 is 0 Å². The van der Waals surface area contributed by atoms with Crippen molar-refractivity contribution < 1.29 is 14.3 Å². The lowest BCUT2D eigenvalue weighted by atomic mass is 10.1. The molecule has 0 spiro atoms. The molecule has 0 saturated carbocycles. The number of benzene rings is 2. The fraction of sp³-hybridized carbons (Fsp3) is 0.231. The summed E-state index contributed by atoms with van der Waals surface area (Å²) in [6, 6.07) is 12.4. The van der Waals surface area contributed by atoms with Crippen LogP contribution in [-0.4, -0.2) is 40.4 Å². The number of hydrogen-bond donors (Lipinski definition) is 2. The van der Waals surface area contributed by atoms with Crippen LogP contribution in [0.15, 0.2) is 54.9 Å². The second-order valence-electron chi connectivity index (χ2n) is 8.31. The van der Waals surface area contributed by atoms with Gasteiger partial charge in [0.15, 0.2) is 0 Å². The molecule has 2 aromatic carbocycles. The summed E-state index contributed by atoms with van der Waals surface area (Å²) in [6.07, 6.45) is 6.36.